The number of carbonyl (C=O) groups is 1. The van der Waals surface area contributed by atoms with Gasteiger partial charge in [-0.2, -0.15) is 4.31 Å². The number of carbonyl (C=O) groups excluding carboxylic acids is 1. The minimum Gasteiger partial charge on any atom is -0.460 e. The first-order chi connectivity index (χ1) is 16.4. The molecular formula is C27H27NO5S. The van der Waals surface area contributed by atoms with E-state index in [1.807, 2.05) is 30.3 Å². The molecule has 0 fully saturated rings. The van der Waals surface area contributed by atoms with Gasteiger partial charge >= 0.3 is 5.97 Å². The van der Waals surface area contributed by atoms with Crippen LogP contribution in [-0.2, 0) is 21.2 Å². The third kappa shape index (κ3) is 5.84. The highest BCUT2D eigenvalue weighted by atomic mass is 32.2. The lowest BCUT2D eigenvalue weighted by Gasteiger charge is -2.21. The van der Waals surface area contributed by atoms with Crippen LogP contribution in [0, 0.1) is 19.3 Å². The van der Waals surface area contributed by atoms with Crippen LogP contribution >= 0.6 is 0 Å². The largest absolute Gasteiger partial charge is 0.460 e. The molecule has 3 rings (SSSR count). The van der Waals surface area contributed by atoms with Crippen molar-refractivity contribution in [1.29, 1.82) is 0 Å². The highest BCUT2D eigenvalue weighted by Crippen LogP contribution is 2.29. The predicted molar refractivity (Wildman–Crippen MR) is 133 cm³/mol. The number of fused-ring (bicyclic) bond motifs is 1. The Bertz CT molecular complexity index is 1340. The van der Waals surface area contributed by atoms with Crippen LogP contribution in [0.1, 0.15) is 28.6 Å². The summed E-state index contributed by atoms with van der Waals surface area (Å²) in [4.78, 5) is 12.3. The van der Waals surface area contributed by atoms with Gasteiger partial charge in [0.2, 0.25) is 15.8 Å². The molecule has 2 aromatic carbocycles. The molecule has 0 radical (unpaired) electrons. The van der Waals surface area contributed by atoms with Crippen molar-refractivity contribution < 1.29 is 22.4 Å². The average Bonchev–Trinajstić information content (AvgIpc) is 3.17. The molecule has 0 amide bonds. The van der Waals surface area contributed by atoms with Crippen LogP contribution in [0.5, 0.6) is 0 Å². The van der Waals surface area contributed by atoms with Gasteiger partial charge in [0, 0.05) is 24.0 Å². The Labute approximate surface area is 200 Å². The van der Waals surface area contributed by atoms with Crippen molar-refractivity contribution >= 4 is 27.0 Å². The number of rotatable bonds is 10. The normalized spacial score (nSPS) is 12.1. The smallest absolute Gasteiger partial charge is 0.374 e. The number of aryl methyl sites for hydroxylation is 1. The second kappa shape index (κ2) is 11.5. The van der Waals surface area contributed by atoms with Gasteiger partial charge in [0.25, 0.3) is 0 Å². The first-order valence-corrected chi connectivity index (χ1v) is 12.3. The van der Waals surface area contributed by atoms with E-state index >= 15 is 0 Å². The van der Waals surface area contributed by atoms with E-state index in [-0.39, 0.29) is 23.8 Å². The van der Waals surface area contributed by atoms with Crippen LogP contribution in [-0.4, -0.2) is 38.4 Å². The van der Waals surface area contributed by atoms with Gasteiger partial charge in [-0.25, -0.2) is 13.2 Å². The van der Waals surface area contributed by atoms with Crippen LogP contribution in [0.3, 0.4) is 0 Å². The molecule has 6 nitrogen and oxygen atoms in total. The molecule has 0 unspecified atom stereocenters. The third-order valence-corrected chi connectivity index (χ3v) is 7.11. The van der Waals surface area contributed by atoms with E-state index in [1.54, 1.807) is 44.2 Å². The maximum absolute atomic E-state index is 13.6. The molecule has 1 heterocycles. The van der Waals surface area contributed by atoms with Gasteiger partial charge in [-0.1, -0.05) is 54.5 Å². The summed E-state index contributed by atoms with van der Waals surface area (Å²) in [6.45, 7) is 4.12. The van der Waals surface area contributed by atoms with Gasteiger partial charge < -0.3 is 9.15 Å². The third-order valence-electron chi connectivity index (χ3n) is 5.25. The SMILES string of the molecule is C#C/C=C\C=C/CN(CCc1ccccc1)S(=O)(=O)c1ccc2oc(C(=O)OCC)c(C)c2c1. The fourth-order valence-corrected chi connectivity index (χ4v) is 4.90. The van der Waals surface area contributed by atoms with Crippen molar-refractivity contribution in [3.8, 4) is 12.3 Å². The molecule has 0 N–H and O–H groups in total. The minimum absolute atomic E-state index is 0.0792. The number of allylic oxidation sites excluding steroid dienone is 3. The van der Waals surface area contributed by atoms with E-state index < -0.39 is 16.0 Å². The summed E-state index contributed by atoms with van der Waals surface area (Å²) >= 11 is 0. The van der Waals surface area contributed by atoms with Gasteiger partial charge in [0.1, 0.15) is 5.58 Å². The lowest BCUT2D eigenvalue weighted by atomic mass is 10.1. The summed E-state index contributed by atoms with van der Waals surface area (Å²) in [5.74, 6) is 1.90. The summed E-state index contributed by atoms with van der Waals surface area (Å²) in [6.07, 6.45) is 12.5. The molecule has 176 valence electrons. The number of hydrogen-bond acceptors (Lipinski definition) is 5. The van der Waals surface area contributed by atoms with Crippen molar-refractivity contribution in [3.05, 3.63) is 89.7 Å². The van der Waals surface area contributed by atoms with Crippen LogP contribution < -0.4 is 0 Å². The van der Waals surface area contributed by atoms with Gasteiger partial charge in [0.05, 0.1) is 11.5 Å². The summed E-state index contributed by atoms with van der Waals surface area (Å²) < 4.78 is 39.3. The van der Waals surface area contributed by atoms with E-state index in [0.717, 1.165) is 5.56 Å². The van der Waals surface area contributed by atoms with E-state index in [9.17, 15) is 13.2 Å². The summed E-state index contributed by atoms with van der Waals surface area (Å²) in [5, 5.41) is 0.555. The molecule has 3 aromatic rings. The Morgan fingerprint density at radius 1 is 1.18 bits per heavy atom. The van der Waals surface area contributed by atoms with Crippen LogP contribution in [0.2, 0.25) is 0 Å². The van der Waals surface area contributed by atoms with Crippen LogP contribution in [0.4, 0.5) is 0 Å². The molecule has 0 spiro atoms. The molecule has 0 aliphatic heterocycles. The lowest BCUT2D eigenvalue weighted by Crippen LogP contribution is -2.33. The predicted octanol–water partition coefficient (Wildman–Crippen LogP) is 4.90. The monoisotopic (exact) mass is 477 g/mol. The number of nitrogens with zero attached hydrogens (tertiary/aromatic N) is 1. The molecular weight excluding hydrogens is 450 g/mol. The Hall–Kier alpha value is -3.60. The molecule has 7 heteroatoms. The number of sulfonamides is 1. The number of esters is 1. The number of terminal acetylenes is 1. The molecule has 0 aliphatic rings. The van der Waals surface area contributed by atoms with Gasteiger partial charge in [-0.05, 0) is 50.1 Å². The molecule has 0 bridgehead atoms. The van der Waals surface area contributed by atoms with Crippen LogP contribution in [0.25, 0.3) is 11.0 Å². The highest BCUT2D eigenvalue weighted by molar-refractivity contribution is 7.89. The molecule has 0 saturated heterocycles. The van der Waals surface area contributed by atoms with E-state index in [2.05, 4.69) is 5.92 Å². The number of hydrogen-bond donors (Lipinski definition) is 0. The second-order valence-electron chi connectivity index (χ2n) is 7.49. The topological polar surface area (TPSA) is 76.8 Å². The Balaban J connectivity index is 1.94. The van der Waals surface area contributed by atoms with E-state index in [4.69, 9.17) is 15.6 Å². The van der Waals surface area contributed by atoms with Crippen molar-refractivity contribution in [1.82, 2.24) is 4.31 Å². The van der Waals surface area contributed by atoms with E-state index in [0.29, 0.717) is 29.5 Å². The quantitative estimate of drug-likeness (QED) is 0.236. The zero-order valence-corrected chi connectivity index (χ0v) is 20.0. The zero-order chi connectivity index (χ0) is 24.6. The summed E-state index contributed by atoms with van der Waals surface area (Å²) in [5.41, 5.74) is 2.01. The first kappa shape index (κ1) is 25.0. The summed E-state index contributed by atoms with van der Waals surface area (Å²) in [6, 6.07) is 14.3. The summed E-state index contributed by atoms with van der Waals surface area (Å²) in [7, 11) is -3.83. The first-order valence-electron chi connectivity index (χ1n) is 10.9. The van der Waals surface area contributed by atoms with Crippen molar-refractivity contribution in [2.75, 3.05) is 19.7 Å². The second-order valence-corrected chi connectivity index (χ2v) is 9.43. The van der Waals surface area contributed by atoms with Gasteiger partial charge in [-0.3, -0.25) is 0 Å². The Morgan fingerprint density at radius 3 is 2.65 bits per heavy atom. The lowest BCUT2D eigenvalue weighted by molar-refractivity contribution is 0.0491. The molecule has 1 aromatic heterocycles. The fraction of sp³-hybridized carbons (Fsp3) is 0.222. The highest BCUT2D eigenvalue weighted by Gasteiger charge is 2.26. The van der Waals surface area contributed by atoms with Crippen molar-refractivity contribution in [3.63, 3.8) is 0 Å². The molecule has 0 saturated carbocycles. The minimum atomic E-state index is -3.83. The van der Waals surface area contributed by atoms with Crippen molar-refractivity contribution in [2.24, 2.45) is 0 Å². The van der Waals surface area contributed by atoms with E-state index in [1.165, 1.54) is 16.4 Å². The molecule has 0 aliphatic carbocycles. The Morgan fingerprint density at radius 2 is 1.94 bits per heavy atom. The number of benzene rings is 2. The maximum Gasteiger partial charge on any atom is 0.374 e. The van der Waals surface area contributed by atoms with Gasteiger partial charge in [-0.15, -0.1) is 6.42 Å². The van der Waals surface area contributed by atoms with Gasteiger partial charge in [0.15, 0.2) is 0 Å². The standard InChI is InChI=1S/C27H27NO5S/c1-4-6-7-8-12-18-28(19-17-22-13-10-9-11-14-22)34(30,31)23-15-16-25-24(20-23)21(3)26(33-25)27(29)32-5-2/h1,6-16,20H,5,17-19H2,2-3H3/b7-6-,12-8-. The zero-order valence-electron chi connectivity index (χ0n) is 19.2. The molecule has 0 atom stereocenters. The fourth-order valence-electron chi connectivity index (χ4n) is 3.48. The number of ether oxygens (including phenoxy) is 1. The van der Waals surface area contributed by atoms with Crippen LogP contribution in [0.15, 0.2) is 82.1 Å². The van der Waals surface area contributed by atoms with Crippen molar-refractivity contribution in [2.45, 2.75) is 25.2 Å². The average molecular weight is 478 g/mol. The molecule has 34 heavy (non-hydrogen) atoms. The maximum atomic E-state index is 13.6. The number of furan rings is 1. The Kier molecular flexibility index (Phi) is 8.47.